The van der Waals surface area contributed by atoms with E-state index in [9.17, 15) is 4.79 Å². The van der Waals surface area contributed by atoms with Gasteiger partial charge in [0.25, 0.3) is 5.91 Å². The summed E-state index contributed by atoms with van der Waals surface area (Å²) in [5.74, 6) is 0.0213. The van der Waals surface area contributed by atoms with E-state index in [0.717, 1.165) is 17.5 Å². The number of para-hydroxylation sites is 2. The van der Waals surface area contributed by atoms with E-state index in [1.54, 1.807) is 11.3 Å². The molecular formula is C27H25N3OS+2. The van der Waals surface area contributed by atoms with Gasteiger partial charge in [0.15, 0.2) is 6.20 Å². The highest BCUT2D eigenvalue weighted by molar-refractivity contribution is 7.18. The third-order valence-electron chi connectivity index (χ3n) is 5.79. The molecule has 5 rings (SSSR count). The zero-order valence-electron chi connectivity index (χ0n) is 18.0. The fraction of sp³-hybridized carbons (Fsp3) is 0.148. The Morgan fingerprint density at radius 3 is 2.44 bits per heavy atom. The van der Waals surface area contributed by atoms with Gasteiger partial charge < -0.3 is 5.32 Å². The lowest BCUT2D eigenvalue weighted by Crippen LogP contribution is -2.44. The highest BCUT2D eigenvalue weighted by Gasteiger charge is 2.24. The molecule has 0 bridgehead atoms. The number of benzene rings is 3. The number of nitrogens with one attached hydrogen (secondary N) is 1. The maximum absolute atomic E-state index is 12.9. The number of pyridine rings is 1. The van der Waals surface area contributed by atoms with Crippen LogP contribution in [0.1, 0.15) is 16.1 Å². The van der Waals surface area contributed by atoms with Crippen LogP contribution in [0.25, 0.3) is 21.1 Å². The summed E-state index contributed by atoms with van der Waals surface area (Å²) in [6, 6.07) is 29.0. The minimum Gasteiger partial charge on any atom is -0.347 e. The molecule has 0 aliphatic rings. The van der Waals surface area contributed by atoms with E-state index in [1.165, 1.54) is 26.2 Å². The molecule has 4 nitrogen and oxygen atoms in total. The first kappa shape index (κ1) is 20.3. The van der Waals surface area contributed by atoms with E-state index in [0.29, 0.717) is 13.1 Å². The summed E-state index contributed by atoms with van der Waals surface area (Å²) in [6.45, 7) is 0.849. The molecule has 0 radical (unpaired) electrons. The van der Waals surface area contributed by atoms with E-state index >= 15 is 0 Å². The van der Waals surface area contributed by atoms with Crippen LogP contribution in [-0.2, 0) is 31.4 Å². The monoisotopic (exact) mass is 439 g/mol. The van der Waals surface area contributed by atoms with Crippen LogP contribution in [-0.4, -0.2) is 5.91 Å². The molecule has 0 saturated heterocycles. The number of thiazole rings is 1. The minimum absolute atomic E-state index is 0.0213. The zero-order chi connectivity index (χ0) is 21.9. The summed E-state index contributed by atoms with van der Waals surface area (Å²) in [5.41, 5.74) is 4.68. The molecule has 3 aromatic carbocycles. The lowest BCUT2D eigenvalue weighted by atomic mass is 10.1. The van der Waals surface area contributed by atoms with Gasteiger partial charge in [-0.05, 0) is 23.3 Å². The summed E-state index contributed by atoms with van der Waals surface area (Å²) in [6.07, 6.45) is 2.90. The SMILES string of the molecule is C[n+]1ccc(Cc2sc3ccccc3[n+]2CC(=O)NCc2ccccc2)c2ccccc21. The van der Waals surface area contributed by atoms with Crippen LogP contribution >= 0.6 is 11.3 Å². The molecule has 1 N–H and O–H groups in total. The lowest BCUT2D eigenvalue weighted by molar-refractivity contribution is -0.661. The van der Waals surface area contributed by atoms with Crippen molar-refractivity contribution in [3.05, 3.63) is 107 Å². The Morgan fingerprint density at radius 1 is 0.875 bits per heavy atom. The largest absolute Gasteiger partial charge is 0.347 e. The molecule has 1 amide bonds. The molecule has 2 heterocycles. The van der Waals surface area contributed by atoms with Crippen molar-refractivity contribution in [2.45, 2.75) is 19.5 Å². The molecule has 5 aromatic rings. The summed E-state index contributed by atoms with van der Waals surface area (Å²) in [7, 11) is 2.07. The molecule has 0 spiro atoms. The Labute approximate surface area is 191 Å². The second-order valence-corrected chi connectivity index (χ2v) is 9.07. The van der Waals surface area contributed by atoms with Crippen molar-refractivity contribution < 1.29 is 13.9 Å². The zero-order valence-corrected chi connectivity index (χ0v) is 18.8. The van der Waals surface area contributed by atoms with Crippen LogP contribution in [0, 0.1) is 0 Å². The predicted molar refractivity (Wildman–Crippen MR) is 128 cm³/mol. The molecule has 0 atom stereocenters. The molecule has 5 heteroatoms. The van der Waals surface area contributed by atoms with Crippen molar-refractivity contribution in [3.63, 3.8) is 0 Å². The molecule has 0 fully saturated rings. The average molecular weight is 440 g/mol. The van der Waals surface area contributed by atoms with Gasteiger partial charge in [0.05, 0.1) is 11.8 Å². The molecule has 32 heavy (non-hydrogen) atoms. The molecule has 0 unspecified atom stereocenters. The highest BCUT2D eigenvalue weighted by Crippen LogP contribution is 2.24. The number of amides is 1. The number of carbonyl (C=O) groups is 1. The molecule has 0 aliphatic carbocycles. The van der Waals surface area contributed by atoms with Gasteiger partial charge in [0.1, 0.15) is 11.7 Å². The van der Waals surface area contributed by atoms with Crippen LogP contribution < -0.4 is 14.5 Å². The smallest absolute Gasteiger partial charge is 0.286 e. The number of hydrogen-bond acceptors (Lipinski definition) is 2. The van der Waals surface area contributed by atoms with E-state index < -0.39 is 0 Å². The van der Waals surface area contributed by atoms with Crippen LogP contribution in [0.4, 0.5) is 0 Å². The maximum atomic E-state index is 12.9. The Bertz CT molecular complexity index is 1410. The average Bonchev–Trinajstić information content (AvgIpc) is 3.17. The first-order valence-corrected chi connectivity index (χ1v) is 11.6. The summed E-state index contributed by atoms with van der Waals surface area (Å²) in [4.78, 5) is 12.9. The Balaban J connectivity index is 1.46. The fourth-order valence-corrected chi connectivity index (χ4v) is 5.31. The number of aromatic nitrogens is 2. The van der Waals surface area contributed by atoms with E-state index in [-0.39, 0.29) is 5.91 Å². The van der Waals surface area contributed by atoms with Gasteiger partial charge in [0.2, 0.25) is 22.6 Å². The van der Waals surface area contributed by atoms with Gasteiger partial charge in [-0.25, -0.2) is 4.57 Å². The maximum Gasteiger partial charge on any atom is 0.286 e. The van der Waals surface area contributed by atoms with Gasteiger partial charge in [-0.2, -0.15) is 4.57 Å². The third kappa shape index (κ3) is 4.12. The van der Waals surface area contributed by atoms with Crippen LogP contribution in [0.3, 0.4) is 0 Å². The first-order chi connectivity index (χ1) is 15.7. The normalized spacial score (nSPS) is 11.2. The number of fused-ring (bicyclic) bond motifs is 2. The van der Waals surface area contributed by atoms with Crippen molar-refractivity contribution in [2.75, 3.05) is 0 Å². The molecule has 0 aliphatic heterocycles. The predicted octanol–water partition coefficient (Wildman–Crippen LogP) is 4.07. The molecule has 2 aromatic heterocycles. The molecular weight excluding hydrogens is 414 g/mol. The standard InChI is InChI=1S/C27H24N3OS/c1-29-16-15-21(22-11-5-6-12-23(22)29)17-27-30(24-13-7-8-14-25(24)32-27)19-26(31)28-18-20-9-3-2-4-10-20/h2-16H,17-19H2,1H3/q+1/p+1. The Hall–Kier alpha value is -3.57. The van der Waals surface area contributed by atoms with E-state index in [1.807, 2.05) is 36.4 Å². The van der Waals surface area contributed by atoms with Gasteiger partial charge in [-0.3, -0.25) is 4.79 Å². The fourth-order valence-electron chi connectivity index (χ4n) is 4.13. The lowest BCUT2D eigenvalue weighted by Gasteiger charge is -2.05. The van der Waals surface area contributed by atoms with Crippen LogP contribution in [0.15, 0.2) is 91.1 Å². The quantitative estimate of drug-likeness (QED) is 0.398. The molecule has 158 valence electrons. The third-order valence-corrected chi connectivity index (χ3v) is 6.96. The molecule has 0 saturated carbocycles. The second-order valence-electron chi connectivity index (χ2n) is 7.96. The first-order valence-electron chi connectivity index (χ1n) is 10.8. The summed E-state index contributed by atoms with van der Waals surface area (Å²) in [5, 5.41) is 5.50. The van der Waals surface area contributed by atoms with Crippen LogP contribution in [0.5, 0.6) is 0 Å². The van der Waals surface area contributed by atoms with Crippen molar-refractivity contribution in [2.24, 2.45) is 7.05 Å². The van der Waals surface area contributed by atoms with Crippen molar-refractivity contribution in [3.8, 4) is 0 Å². The van der Waals surface area contributed by atoms with Crippen molar-refractivity contribution >= 4 is 38.4 Å². The Morgan fingerprint density at radius 2 is 1.59 bits per heavy atom. The summed E-state index contributed by atoms with van der Waals surface area (Å²) >= 11 is 1.76. The van der Waals surface area contributed by atoms with Crippen LogP contribution in [0.2, 0.25) is 0 Å². The Kier molecular flexibility index (Phi) is 5.65. The van der Waals surface area contributed by atoms with E-state index in [4.69, 9.17) is 0 Å². The second kappa shape index (κ2) is 8.89. The van der Waals surface area contributed by atoms with E-state index in [2.05, 4.69) is 76.2 Å². The number of aryl methyl sites for hydroxylation is 1. The topological polar surface area (TPSA) is 36.9 Å². The van der Waals surface area contributed by atoms with Gasteiger partial charge in [-0.15, -0.1) is 0 Å². The van der Waals surface area contributed by atoms with Crippen molar-refractivity contribution in [1.29, 1.82) is 0 Å². The number of hydrogen-bond donors (Lipinski definition) is 1. The van der Waals surface area contributed by atoms with Gasteiger partial charge in [0, 0.05) is 24.7 Å². The number of rotatable bonds is 6. The van der Waals surface area contributed by atoms with Gasteiger partial charge in [-0.1, -0.05) is 65.9 Å². The number of nitrogens with zero attached hydrogens (tertiary/aromatic N) is 2. The number of carbonyl (C=O) groups excluding carboxylic acids is 1. The van der Waals surface area contributed by atoms with Crippen molar-refractivity contribution in [1.82, 2.24) is 5.32 Å². The highest BCUT2D eigenvalue weighted by atomic mass is 32.1. The van der Waals surface area contributed by atoms with Gasteiger partial charge >= 0.3 is 0 Å². The summed E-state index contributed by atoms with van der Waals surface area (Å²) < 4.78 is 5.51. The minimum atomic E-state index is 0.0213.